The fourth-order valence-corrected chi connectivity index (χ4v) is 2.30. The Hall–Kier alpha value is -1.89. The number of alkyl halides is 3. The summed E-state index contributed by atoms with van der Waals surface area (Å²) < 4.78 is 51.7. The van der Waals surface area contributed by atoms with E-state index in [1.165, 1.54) is 0 Å². The molecule has 2 aromatic rings. The first-order valence-corrected chi connectivity index (χ1v) is 6.96. The van der Waals surface area contributed by atoms with Crippen LogP contribution in [0.15, 0.2) is 46.9 Å². The average Bonchev–Trinajstić information content (AvgIpc) is 2.43. The van der Waals surface area contributed by atoms with E-state index in [0.717, 1.165) is 28.2 Å². The van der Waals surface area contributed by atoms with E-state index in [-0.39, 0.29) is 12.2 Å². The lowest BCUT2D eigenvalue weighted by Gasteiger charge is -2.13. The average molecular weight is 376 g/mol. The van der Waals surface area contributed by atoms with Gasteiger partial charge in [0.05, 0.1) is 5.56 Å². The molecule has 0 aliphatic carbocycles. The second-order valence-electron chi connectivity index (χ2n) is 4.50. The number of benzene rings is 2. The molecule has 0 bridgehead atoms. The summed E-state index contributed by atoms with van der Waals surface area (Å²) in [5.74, 6) is -2.74. The Morgan fingerprint density at radius 2 is 1.86 bits per heavy atom. The van der Waals surface area contributed by atoms with Gasteiger partial charge in [0.15, 0.2) is 0 Å². The van der Waals surface area contributed by atoms with Gasteiger partial charge in [0.2, 0.25) is 0 Å². The predicted molar refractivity (Wildman–Crippen MR) is 78.3 cm³/mol. The molecular weight excluding hydrogens is 366 g/mol. The van der Waals surface area contributed by atoms with Gasteiger partial charge in [0.1, 0.15) is 5.82 Å². The molecule has 0 saturated heterocycles. The summed E-state index contributed by atoms with van der Waals surface area (Å²) in [6.45, 7) is 0.154. The first kappa shape index (κ1) is 16.5. The van der Waals surface area contributed by atoms with Gasteiger partial charge in [-0.3, -0.25) is 4.79 Å². The summed E-state index contributed by atoms with van der Waals surface area (Å²) in [5, 5.41) is 2.67. The number of ketones is 1. The normalized spacial score (nSPS) is 11.3. The van der Waals surface area contributed by atoms with Crippen molar-refractivity contribution in [2.75, 3.05) is 5.32 Å². The second kappa shape index (κ2) is 6.48. The van der Waals surface area contributed by atoms with E-state index in [2.05, 4.69) is 21.2 Å². The zero-order chi connectivity index (χ0) is 16.3. The summed E-state index contributed by atoms with van der Waals surface area (Å²) >= 11 is 3.27. The summed E-state index contributed by atoms with van der Waals surface area (Å²) in [4.78, 5) is 11.4. The second-order valence-corrected chi connectivity index (χ2v) is 5.42. The topological polar surface area (TPSA) is 29.1 Å². The maximum Gasteiger partial charge on any atom is 0.454 e. The molecule has 0 radical (unpaired) electrons. The quantitative estimate of drug-likeness (QED) is 0.605. The Bertz CT molecular complexity index is 700. The van der Waals surface area contributed by atoms with E-state index in [1.54, 1.807) is 24.3 Å². The van der Waals surface area contributed by atoms with E-state index < -0.39 is 23.3 Å². The Morgan fingerprint density at radius 1 is 1.14 bits per heavy atom. The number of hydrogen-bond acceptors (Lipinski definition) is 2. The van der Waals surface area contributed by atoms with E-state index in [0.29, 0.717) is 0 Å². The van der Waals surface area contributed by atoms with Crippen LogP contribution >= 0.6 is 15.9 Å². The highest BCUT2D eigenvalue weighted by Gasteiger charge is 2.40. The third-order valence-corrected chi connectivity index (χ3v) is 3.35. The molecule has 0 fully saturated rings. The van der Waals surface area contributed by atoms with Gasteiger partial charge in [0, 0.05) is 16.7 Å². The van der Waals surface area contributed by atoms with Crippen molar-refractivity contribution in [3.63, 3.8) is 0 Å². The van der Waals surface area contributed by atoms with Crippen LogP contribution in [0.25, 0.3) is 0 Å². The number of rotatable bonds is 4. The summed E-state index contributed by atoms with van der Waals surface area (Å²) in [5.41, 5.74) is -0.0322. The lowest BCUT2D eigenvalue weighted by Crippen LogP contribution is -2.24. The number of carbonyl (C=O) groups excluding carboxylic acids is 1. The van der Waals surface area contributed by atoms with Gasteiger partial charge in [-0.2, -0.15) is 13.2 Å². The highest BCUT2D eigenvalue weighted by Crippen LogP contribution is 2.27. The van der Waals surface area contributed by atoms with Crippen molar-refractivity contribution in [1.82, 2.24) is 0 Å². The molecule has 0 atom stereocenters. The van der Waals surface area contributed by atoms with Crippen LogP contribution in [0.3, 0.4) is 0 Å². The Balaban J connectivity index is 2.26. The van der Waals surface area contributed by atoms with E-state index in [4.69, 9.17) is 0 Å². The Labute approximate surface area is 132 Å². The SMILES string of the molecule is O=C(c1ccc(F)cc1NCc1cccc(Br)c1)C(F)(F)F. The third-order valence-electron chi connectivity index (χ3n) is 2.86. The van der Waals surface area contributed by atoms with Crippen molar-refractivity contribution in [2.24, 2.45) is 0 Å². The van der Waals surface area contributed by atoms with Crippen LogP contribution in [0, 0.1) is 5.82 Å². The van der Waals surface area contributed by atoms with E-state index in [1.807, 2.05) is 0 Å². The highest BCUT2D eigenvalue weighted by atomic mass is 79.9. The fraction of sp³-hybridized carbons (Fsp3) is 0.133. The Morgan fingerprint density at radius 3 is 2.50 bits per heavy atom. The molecular formula is C15H10BrF4NO. The lowest BCUT2D eigenvalue weighted by atomic mass is 10.1. The first-order valence-electron chi connectivity index (χ1n) is 6.17. The molecule has 116 valence electrons. The number of Topliss-reactive ketones (excluding diaryl/α,β-unsaturated/α-hetero) is 1. The number of nitrogens with one attached hydrogen (secondary N) is 1. The van der Waals surface area contributed by atoms with Gasteiger partial charge < -0.3 is 5.32 Å². The summed E-state index contributed by atoms with van der Waals surface area (Å²) in [7, 11) is 0. The van der Waals surface area contributed by atoms with Crippen molar-refractivity contribution in [2.45, 2.75) is 12.7 Å². The van der Waals surface area contributed by atoms with E-state index in [9.17, 15) is 22.4 Å². The minimum absolute atomic E-state index is 0.154. The van der Waals surface area contributed by atoms with Crippen molar-refractivity contribution in [3.8, 4) is 0 Å². The van der Waals surface area contributed by atoms with Crippen LogP contribution in [0.4, 0.5) is 23.2 Å². The molecule has 0 amide bonds. The fourth-order valence-electron chi connectivity index (χ4n) is 1.86. The summed E-state index contributed by atoms with van der Waals surface area (Å²) in [6.07, 6.45) is -5.01. The molecule has 0 aromatic heterocycles. The standard InChI is InChI=1S/C15H10BrF4NO/c16-10-3-1-2-9(6-10)8-21-13-7-11(17)4-5-12(13)14(22)15(18,19)20/h1-7,21H,8H2. The minimum atomic E-state index is -5.01. The van der Waals surface area contributed by atoms with Gasteiger partial charge in [-0.1, -0.05) is 28.1 Å². The number of anilines is 1. The van der Waals surface area contributed by atoms with Gasteiger partial charge in [-0.25, -0.2) is 4.39 Å². The number of hydrogen-bond donors (Lipinski definition) is 1. The predicted octanol–water partition coefficient (Wildman–Crippen LogP) is 4.95. The lowest BCUT2D eigenvalue weighted by molar-refractivity contribution is -0.0884. The largest absolute Gasteiger partial charge is 0.454 e. The van der Waals surface area contributed by atoms with Crippen LogP contribution in [0.5, 0.6) is 0 Å². The molecule has 0 aliphatic rings. The van der Waals surface area contributed by atoms with Crippen molar-refractivity contribution < 1.29 is 22.4 Å². The minimum Gasteiger partial charge on any atom is -0.380 e. The molecule has 2 aromatic carbocycles. The first-order chi connectivity index (χ1) is 10.3. The monoisotopic (exact) mass is 375 g/mol. The molecule has 0 aliphatic heterocycles. The van der Waals surface area contributed by atoms with Crippen LogP contribution in [-0.2, 0) is 6.54 Å². The zero-order valence-corrected chi connectivity index (χ0v) is 12.6. The molecule has 0 spiro atoms. The molecule has 0 saturated carbocycles. The van der Waals surface area contributed by atoms with Crippen molar-refractivity contribution >= 4 is 27.4 Å². The molecule has 7 heteroatoms. The molecule has 0 unspecified atom stereocenters. The van der Waals surface area contributed by atoms with Crippen LogP contribution < -0.4 is 5.32 Å². The highest BCUT2D eigenvalue weighted by molar-refractivity contribution is 9.10. The molecule has 2 nitrogen and oxygen atoms in total. The molecule has 2 rings (SSSR count). The van der Waals surface area contributed by atoms with Crippen molar-refractivity contribution in [3.05, 3.63) is 63.9 Å². The molecule has 22 heavy (non-hydrogen) atoms. The zero-order valence-electron chi connectivity index (χ0n) is 11.0. The number of carbonyl (C=O) groups is 1. The maximum absolute atomic E-state index is 13.3. The Kier molecular flexibility index (Phi) is 4.85. The van der Waals surface area contributed by atoms with Crippen LogP contribution in [0.2, 0.25) is 0 Å². The summed E-state index contributed by atoms with van der Waals surface area (Å²) in [6, 6.07) is 9.59. The molecule has 0 heterocycles. The third kappa shape index (κ3) is 4.07. The van der Waals surface area contributed by atoms with E-state index >= 15 is 0 Å². The van der Waals surface area contributed by atoms with Gasteiger partial charge in [0.25, 0.3) is 5.78 Å². The van der Waals surface area contributed by atoms with Crippen molar-refractivity contribution in [1.29, 1.82) is 0 Å². The molecule has 1 N–H and O–H groups in total. The van der Waals surface area contributed by atoms with Crippen LogP contribution in [-0.4, -0.2) is 12.0 Å². The van der Waals surface area contributed by atoms with Crippen LogP contribution in [0.1, 0.15) is 15.9 Å². The van der Waals surface area contributed by atoms with Gasteiger partial charge in [-0.05, 0) is 35.9 Å². The van der Waals surface area contributed by atoms with Gasteiger partial charge in [-0.15, -0.1) is 0 Å². The number of halogens is 5. The van der Waals surface area contributed by atoms with Gasteiger partial charge >= 0.3 is 6.18 Å². The maximum atomic E-state index is 13.3. The smallest absolute Gasteiger partial charge is 0.380 e.